The lowest BCUT2D eigenvalue weighted by Gasteiger charge is -2.15. The Labute approximate surface area is 84.7 Å². The van der Waals surface area contributed by atoms with Crippen LogP contribution in [0.4, 0.5) is 13.2 Å². The Balaban J connectivity index is 2.75. The molecule has 0 aliphatic heterocycles. The highest BCUT2D eigenvalue weighted by Crippen LogP contribution is 2.24. The van der Waals surface area contributed by atoms with Gasteiger partial charge in [-0.25, -0.2) is 0 Å². The third-order valence-corrected chi connectivity index (χ3v) is 2.19. The Morgan fingerprint density at radius 2 is 1.86 bits per heavy atom. The zero-order valence-corrected chi connectivity index (χ0v) is 7.94. The number of hydrogen-bond acceptors (Lipinski definition) is 1. The summed E-state index contributed by atoms with van der Waals surface area (Å²) in [6.07, 6.45) is -4.66. The average Bonchev–Trinajstić information content (AvgIpc) is 2.07. The molecule has 0 amide bonds. The van der Waals surface area contributed by atoms with Crippen molar-refractivity contribution in [3.63, 3.8) is 0 Å². The van der Waals surface area contributed by atoms with E-state index < -0.39 is 12.2 Å². The summed E-state index contributed by atoms with van der Waals surface area (Å²) in [4.78, 5) is 0. The maximum atomic E-state index is 12.1. The van der Waals surface area contributed by atoms with Crippen LogP contribution in [0.25, 0.3) is 0 Å². The lowest BCUT2D eigenvalue weighted by Crippen LogP contribution is -2.39. The van der Waals surface area contributed by atoms with Crippen molar-refractivity contribution in [2.75, 3.05) is 0 Å². The predicted molar refractivity (Wildman–Crippen MR) is 49.2 cm³/mol. The summed E-state index contributed by atoms with van der Waals surface area (Å²) in [5, 5.41) is 0.312. The molecule has 1 aromatic carbocycles. The quantitative estimate of drug-likeness (QED) is 0.820. The normalized spacial score (nSPS) is 14.1. The zero-order valence-electron chi connectivity index (χ0n) is 7.18. The Kier molecular flexibility index (Phi) is 3.39. The third kappa shape index (κ3) is 2.89. The molecule has 0 radical (unpaired) electrons. The summed E-state index contributed by atoms with van der Waals surface area (Å²) in [6, 6.07) is 4.51. The molecule has 0 saturated carbocycles. The zero-order chi connectivity index (χ0) is 10.8. The fraction of sp³-hybridized carbons (Fsp3) is 0.333. The predicted octanol–water partition coefficient (Wildman–Crippen LogP) is 2.77. The second-order valence-corrected chi connectivity index (χ2v) is 3.35. The Hall–Kier alpha value is -0.740. The van der Waals surface area contributed by atoms with Gasteiger partial charge in [-0.3, -0.25) is 0 Å². The van der Waals surface area contributed by atoms with Gasteiger partial charge in [-0.15, -0.1) is 0 Å². The molecule has 1 atom stereocenters. The van der Waals surface area contributed by atoms with Crippen LogP contribution in [-0.4, -0.2) is 12.2 Å². The molecule has 0 unspecified atom stereocenters. The molecule has 1 nitrogen and oxygen atoms in total. The van der Waals surface area contributed by atoms with E-state index >= 15 is 0 Å². The van der Waals surface area contributed by atoms with E-state index in [4.69, 9.17) is 17.3 Å². The van der Waals surface area contributed by atoms with Crippen LogP contribution in [0.1, 0.15) is 5.56 Å². The van der Waals surface area contributed by atoms with Gasteiger partial charge in [0.1, 0.15) is 6.04 Å². The van der Waals surface area contributed by atoms with Gasteiger partial charge < -0.3 is 5.73 Å². The van der Waals surface area contributed by atoms with E-state index in [1.165, 1.54) is 6.07 Å². The first-order valence-corrected chi connectivity index (χ1v) is 4.35. The number of alkyl halides is 3. The van der Waals surface area contributed by atoms with E-state index in [-0.39, 0.29) is 6.42 Å². The highest BCUT2D eigenvalue weighted by atomic mass is 35.5. The lowest BCUT2D eigenvalue weighted by atomic mass is 10.1. The largest absolute Gasteiger partial charge is 0.403 e. The van der Waals surface area contributed by atoms with Gasteiger partial charge in [0.2, 0.25) is 0 Å². The second kappa shape index (κ2) is 4.19. The van der Waals surface area contributed by atoms with E-state index in [1.54, 1.807) is 18.2 Å². The number of halogens is 4. The summed E-state index contributed by atoms with van der Waals surface area (Å²) in [5.74, 6) is 0. The summed E-state index contributed by atoms with van der Waals surface area (Å²) in [5.41, 5.74) is 5.38. The Bertz CT molecular complexity index is 311. The molecule has 2 N–H and O–H groups in total. The second-order valence-electron chi connectivity index (χ2n) is 2.94. The monoisotopic (exact) mass is 223 g/mol. The first-order valence-electron chi connectivity index (χ1n) is 3.97. The van der Waals surface area contributed by atoms with Gasteiger partial charge in [-0.05, 0) is 18.1 Å². The molecule has 1 aromatic rings. The number of hydrogen-bond donors (Lipinski definition) is 1. The molecule has 78 valence electrons. The molecule has 0 bridgehead atoms. The SMILES string of the molecule is N[C@@H](Cc1ccccc1Cl)C(F)(F)F. The highest BCUT2D eigenvalue weighted by Gasteiger charge is 2.36. The smallest absolute Gasteiger partial charge is 0.320 e. The number of rotatable bonds is 2. The van der Waals surface area contributed by atoms with E-state index in [1.807, 2.05) is 0 Å². The maximum absolute atomic E-state index is 12.1. The summed E-state index contributed by atoms with van der Waals surface area (Å²) >= 11 is 5.70. The number of benzene rings is 1. The highest BCUT2D eigenvalue weighted by molar-refractivity contribution is 6.31. The topological polar surface area (TPSA) is 26.0 Å². The van der Waals surface area contributed by atoms with E-state index in [0.29, 0.717) is 10.6 Å². The first kappa shape index (κ1) is 11.3. The standard InChI is InChI=1S/C9H9ClF3N/c10-7-4-2-1-3-6(7)5-8(14)9(11,12)13/h1-4,8H,5,14H2/t8-/m0/s1. The van der Waals surface area contributed by atoms with Crippen molar-refractivity contribution < 1.29 is 13.2 Å². The minimum Gasteiger partial charge on any atom is -0.320 e. The maximum Gasteiger partial charge on any atom is 0.403 e. The van der Waals surface area contributed by atoms with Crippen LogP contribution in [0.5, 0.6) is 0 Å². The summed E-state index contributed by atoms with van der Waals surface area (Å²) in [6.45, 7) is 0. The van der Waals surface area contributed by atoms with Crippen LogP contribution >= 0.6 is 11.6 Å². The van der Waals surface area contributed by atoms with Gasteiger partial charge in [-0.1, -0.05) is 29.8 Å². The molecular formula is C9H9ClF3N. The van der Waals surface area contributed by atoms with Crippen molar-refractivity contribution in [3.05, 3.63) is 34.9 Å². The van der Waals surface area contributed by atoms with Gasteiger partial charge in [-0.2, -0.15) is 13.2 Å². The number of nitrogens with two attached hydrogens (primary N) is 1. The van der Waals surface area contributed by atoms with Crippen molar-refractivity contribution in [2.24, 2.45) is 5.73 Å². The molecule has 14 heavy (non-hydrogen) atoms. The fourth-order valence-corrected chi connectivity index (χ4v) is 1.23. The lowest BCUT2D eigenvalue weighted by molar-refractivity contribution is -0.147. The molecule has 0 fully saturated rings. The summed E-state index contributed by atoms with van der Waals surface area (Å²) < 4.78 is 36.3. The molecule has 0 aromatic heterocycles. The first-order chi connectivity index (χ1) is 6.41. The Morgan fingerprint density at radius 1 is 1.29 bits per heavy atom. The van der Waals surface area contributed by atoms with Crippen molar-refractivity contribution in [1.29, 1.82) is 0 Å². The minimum absolute atomic E-state index is 0.289. The van der Waals surface area contributed by atoms with Gasteiger partial charge in [0.25, 0.3) is 0 Å². The van der Waals surface area contributed by atoms with Gasteiger partial charge in [0.05, 0.1) is 0 Å². The molecule has 5 heteroatoms. The van der Waals surface area contributed by atoms with E-state index in [9.17, 15) is 13.2 Å². The molecular weight excluding hydrogens is 215 g/mol. The average molecular weight is 224 g/mol. The van der Waals surface area contributed by atoms with E-state index in [0.717, 1.165) is 0 Å². The summed E-state index contributed by atoms with van der Waals surface area (Å²) in [7, 11) is 0. The van der Waals surface area contributed by atoms with Crippen LogP contribution in [0.3, 0.4) is 0 Å². The van der Waals surface area contributed by atoms with E-state index in [2.05, 4.69) is 0 Å². The molecule has 1 rings (SSSR count). The van der Waals surface area contributed by atoms with Crippen LogP contribution < -0.4 is 5.73 Å². The fourth-order valence-electron chi connectivity index (χ4n) is 1.02. The molecule has 0 aliphatic rings. The van der Waals surface area contributed by atoms with Crippen molar-refractivity contribution in [2.45, 2.75) is 18.6 Å². The van der Waals surface area contributed by atoms with Crippen LogP contribution in [0, 0.1) is 0 Å². The van der Waals surface area contributed by atoms with Gasteiger partial charge in [0.15, 0.2) is 0 Å². The Morgan fingerprint density at radius 3 is 2.36 bits per heavy atom. The van der Waals surface area contributed by atoms with Crippen LogP contribution in [-0.2, 0) is 6.42 Å². The molecule has 0 saturated heterocycles. The van der Waals surface area contributed by atoms with Crippen molar-refractivity contribution in [1.82, 2.24) is 0 Å². The molecule has 0 spiro atoms. The van der Waals surface area contributed by atoms with Crippen LogP contribution in [0.2, 0.25) is 5.02 Å². The third-order valence-electron chi connectivity index (χ3n) is 1.82. The van der Waals surface area contributed by atoms with Crippen molar-refractivity contribution >= 4 is 11.6 Å². The van der Waals surface area contributed by atoms with Gasteiger partial charge >= 0.3 is 6.18 Å². The molecule has 0 heterocycles. The minimum atomic E-state index is -4.38. The van der Waals surface area contributed by atoms with Gasteiger partial charge in [0, 0.05) is 5.02 Å². The van der Waals surface area contributed by atoms with Crippen LogP contribution in [0.15, 0.2) is 24.3 Å². The van der Waals surface area contributed by atoms with Crippen molar-refractivity contribution in [3.8, 4) is 0 Å². The molecule has 0 aliphatic carbocycles.